The zero-order valence-electron chi connectivity index (χ0n) is 12.2. The quantitative estimate of drug-likeness (QED) is 0.857. The van der Waals surface area contributed by atoms with E-state index in [2.05, 4.69) is 15.3 Å². The van der Waals surface area contributed by atoms with Crippen LogP contribution in [0.4, 0.5) is 0 Å². The van der Waals surface area contributed by atoms with Crippen LogP contribution in [-0.4, -0.2) is 35.0 Å². The molecule has 110 valence electrons. The maximum Gasteiger partial charge on any atom is 0.229 e. The van der Waals surface area contributed by atoms with Crippen LogP contribution in [0.1, 0.15) is 49.4 Å². The number of likely N-dealkylation sites (tertiary alicyclic amines) is 1. The highest BCUT2D eigenvalue weighted by molar-refractivity contribution is 7.09. The number of hydrogen-bond donors (Lipinski definition) is 0. The van der Waals surface area contributed by atoms with Crippen molar-refractivity contribution in [2.24, 2.45) is 5.92 Å². The number of nitrogens with zero attached hydrogens (tertiary/aromatic N) is 2. The molecular weight excluding hydrogens is 272 g/mol. The Kier molecular flexibility index (Phi) is 4.08. The molecule has 1 saturated carbocycles. The Hall–Kier alpha value is -0.940. The van der Waals surface area contributed by atoms with Crippen molar-refractivity contribution in [1.82, 2.24) is 9.88 Å². The summed E-state index contributed by atoms with van der Waals surface area (Å²) < 4.78 is 5.56. The summed E-state index contributed by atoms with van der Waals surface area (Å²) >= 11 is 1.68. The molecule has 2 heterocycles. The highest BCUT2D eigenvalue weighted by Gasteiger charge is 2.47. The smallest absolute Gasteiger partial charge is 0.229 e. The molecule has 0 unspecified atom stereocenters. The van der Waals surface area contributed by atoms with Crippen molar-refractivity contribution in [1.29, 1.82) is 0 Å². The molecule has 1 amide bonds. The van der Waals surface area contributed by atoms with E-state index in [-0.39, 0.29) is 24.0 Å². The van der Waals surface area contributed by atoms with Gasteiger partial charge in [-0.15, -0.1) is 11.3 Å². The second-order valence-corrected chi connectivity index (χ2v) is 6.60. The lowest BCUT2D eigenvalue weighted by Crippen LogP contribution is -2.40. The molecule has 2 fully saturated rings. The van der Waals surface area contributed by atoms with E-state index < -0.39 is 0 Å². The van der Waals surface area contributed by atoms with Crippen LogP contribution < -0.4 is 0 Å². The van der Waals surface area contributed by atoms with E-state index in [0.29, 0.717) is 6.61 Å². The predicted molar refractivity (Wildman–Crippen MR) is 78.7 cm³/mol. The SMILES string of the molecule is CCO[C@@H]1C[C@H]1C(=O)N1CCCC[C@H]1c1nc(C)cs1. The van der Waals surface area contributed by atoms with Gasteiger partial charge < -0.3 is 9.64 Å². The molecule has 0 radical (unpaired) electrons. The average molecular weight is 294 g/mol. The first-order valence-corrected chi connectivity index (χ1v) is 8.42. The van der Waals surface area contributed by atoms with E-state index in [0.717, 1.165) is 36.5 Å². The van der Waals surface area contributed by atoms with E-state index in [1.54, 1.807) is 11.3 Å². The standard InChI is InChI=1S/C15H22N2O2S/c1-3-19-13-8-11(13)15(18)17-7-5-4-6-12(17)14-16-10(2)9-20-14/h9,11-13H,3-8H2,1-2H3/t11-,12+,13-/m1/s1. The van der Waals surface area contributed by atoms with Gasteiger partial charge in [0, 0.05) is 24.2 Å². The van der Waals surface area contributed by atoms with Crippen LogP contribution >= 0.6 is 11.3 Å². The zero-order valence-corrected chi connectivity index (χ0v) is 13.0. The molecule has 4 nitrogen and oxygen atoms in total. The third-order valence-corrected chi connectivity index (χ3v) is 5.20. The molecule has 1 aliphatic heterocycles. The average Bonchev–Trinajstić information content (AvgIpc) is 3.09. The molecule has 3 atom stereocenters. The Morgan fingerprint density at radius 2 is 2.40 bits per heavy atom. The van der Waals surface area contributed by atoms with Gasteiger partial charge in [0.25, 0.3) is 0 Å². The molecule has 3 rings (SSSR count). The van der Waals surface area contributed by atoms with Gasteiger partial charge in [-0.2, -0.15) is 0 Å². The normalized spacial score (nSPS) is 29.5. The fourth-order valence-corrected chi connectivity index (χ4v) is 3.96. The lowest BCUT2D eigenvalue weighted by molar-refractivity contribution is -0.137. The number of carbonyl (C=O) groups excluding carboxylic acids is 1. The van der Waals surface area contributed by atoms with Gasteiger partial charge in [0.05, 0.1) is 18.1 Å². The Labute approximate surface area is 124 Å². The van der Waals surface area contributed by atoms with E-state index in [9.17, 15) is 4.79 Å². The molecule has 0 spiro atoms. The summed E-state index contributed by atoms with van der Waals surface area (Å²) in [5, 5.41) is 3.18. The molecule has 1 aromatic rings. The monoisotopic (exact) mass is 294 g/mol. The number of carbonyl (C=O) groups is 1. The Bertz CT molecular complexity index is 488. The van der Waals surface area contributed by atoms with Crippen molar-refractivity contribution >= 4 is 17.2 Å². The van der Waals surface area contributed by atoms with Crippen LogP contribution in [-0.2, 0) is 9.53 Å². The van der Waals surface area contributed by atoms with Gasteiger partial charge in [-0.3, -0.25) is 4.79 Å². The van der Waals surface area contributed by atoms with Crippen molar-refractivity contribution in [3.8, 4) is 0 Å². The van der Waals surface area contributed by atoms with Gasteiger partial charge >= 0.3 is 0 Å². The molecule has 5 heteroatoms. The van der Waals surface area contributed by atoms with E-state index in [4.69, 9.17) is 4.74 Å². The first kappa shape index (κ1) is 14.0. The van der Waals surface area contributed by atoms with E-state index in [1.807, 2.05) is 13.8 Å². The van der Waals surface area contributed by atoms with Gasteiger partial charge in [-0.1, -0.05) is 0 Å². The maximum absolute atomic E-state index is 12.7. The molecule has 20 heavy (non-hydrogen) atoms. The summed E-state index contributed by atoms with van der Waals surface area (Å²) in [7, 11) is 0. The minimum Gasteiger partial charge on any atom is -0.378 e. The fraction of sp³-hybridized carbons (Fsp3) is 0.733. The molecule has 0 N–H and O–H groups in total. The Morgan fingerprint density at radius 1 is 1.55 bits per heavy atom. The largest absolute Gasteiger partial charge is 0.378 e. The summed E-state index contributed by atoms with van der Waals surface area (Å²) in [4.78, 5) is 19.3. The van der Waals surface area contributed by atoms with Crippen molar-refractivity contribution in [3.05, 3.63) is 16.1 Å². The maximum atomic E-state index is 12.7. The lowest BCUT2D eigenvalue weighted by atomic mass is 10.0. The number of ether oxygens (including phenoxy) is 1. The molecule has 1 aromatic heterocycles. The number of thiazole rings is 1. The van der Waals surface area contributed by atoms with E-state index >= 15 is 0 Å². The van der Waals surface area contributed by atoms with Gasteiger partial charge in [-0.05, 0) is 39.5 Å². The number of aryl methyl sites for hydroxylation is 1. The van der Waals surface area contributed by atoms with Crippen LogP contribution in [0, 0.1) is 12.8 Å². The second kappa shape index (κ2) is 5.82. The lowest BCUT2D eigenvalue weighted by Gasteiger charge is -2.34. The van der Waals surface area contributed by atoms with Gasteiger partial charge in [0.1, 0.15) is 5.01 Å². The summed E-state index contributed by atoms with van der Waals surface area (Å²) in [5.41, 5.74) is 1.06. The third kappa shape index (κ3) is 2.74. The Balaban J connectivity index is 1.71. The van der Waals surface area contributed by atoms with Crippen LogP contribution in [0.3, 0.4) is 0 Å². The Morgan fingerprint density at radius 3 is 3.10 bits per heavy atom. The van der Waals surface area contributed by atoms with Crippen LogP contribution in [0.25, 0.3) is 0 Å². The number of hydrogen-bond acceptors (Lipinski definition) is 4. The molecule has 0 bridgehead atoms. The van der Waals surface area contributed by atoms with Crippen LogP contribution in [0.2, 0.25) is 0 Å². The minimum atomic E-state index is 0.0941. The van der Waals surface area contributed by atoms with E-state index in [1.165, 1.54) is 6.42 Å². The molecule has 2 aliphatic rings. The van der Waals surface area contributed by atoms with Crippen LogP contribution in [0.15, 0.2) is 5.38 Å². The predicted octanol–water partition coefficient (Wildman–Crippen LogP) is 2.93. The van der Waals surface area contributed by atoms with Crippen molar-refractivity contribution in [2.75, 3.05) is 13.2 Å². The van der Waals surface area contributed by atoms with Gasteiger partial charge in [0.2, 0.25) is 5.91 Å². The molecule has 0 aromatic carbocycles. The highest BCUT2D eigenvalue weighted by Crippen LogP contribution is 2.40. The fourth-order valence-electron chi connectivity index (χ4n) is 3.02. The first-order chi connectivity index (χ1) is 9.70. The third-order valence-electron chi connectivity index (χ3n) is 4.14. The van der Waals surface area contributed by atoms with Crippen LogP contribution in [0.5, 0.6) is 0 Å². The van der Waals surface area contributed by atoms with Crippen molar-refractivity contribution < 1.29 is 9.53 Å². The summed E-state index contributed by atoms with van der Waals surface area (Å²) in [6, 6.07) is 0.192. The first-order valence-electron chi connectivity index (χ1n) is 7.54. The number of amides is 1. The van der Waals surface area contributed by atoms with Crippen molar-refractivity contribution in [2.45, 2.75) is 51.7 Å². The number of piperidine rings is 1. The molecule has 1 saturated heterocycles. The number of rotatable bonds is 4. The second-order valence-electron chi connectivity index (χ2n) is 5.71. The summed E-state index contributed by atoms with van der Waals surface area (Å²) in [6.45, 7) is 5.57. The summed E-state index contributed by atoms with van der Waals surface area (Å²) in [6.07, 6.45) is 4.40. The topological polar surface area (TPSA) is 42.4 Å². The summed E-state index contributed by atoms with van der Waals surface area (Å²) in [5.74, 6) is 0.373. The van der Waals surface area contributed by atoms with Crippen molar-refractivity contribution in [3.63, 3.8) is 0 Å². The molecular formula is C15H22N2O2S. The number of aromatic nitrogens is 1. The minimum absolute atomic E-state index is 0.0941. The van der Waals surface area contributed by atoms with Gasteiger partial charge in [0.15, 0.2) is 0 Å². The van der Waals surface area contributed by atoms with Gasteiger partial charge in [-0.25, -0.2) is 4.98 Å². The zero-order chi connectivity index (χ0) is 14.1. The highest BCUT2D eigenvalue weighted by atomic mass is 32.1. The molecule has 1 aliphatic carbocycles.